The molecule has 0 spiro atoms. The Morgan fingerprint density at radius 1 is 1.43 bits per heavy atom. The SMILES string of the molecule is CCC(=O)c1cncc(C(F)(F)F)c1. The molecule has 0 saturated heterocycles. The van der Waals surface area contributed by atoms with Crippen molar-refractivity contribution in [1.82, 2.24) is 4.98 Å². The third-order valence-corrected chi connectivity index (χ3v) is 1.71. The van der Waals surface area contributed by atoms with Crippen LogP contribution in [0.25, 0.3) is 0 Å². The van der Waals surface area contributed by atoms with Gasteiger partial charge >= 0.3 is 6.18 Å². The van der Waals surface area contributed by atoms with Gasteiger partial charge in [0.25, 0.3) is 0 Å². The number of halogens is 3. The number of alkyl halides is 3. The molecule has 0 saturated carbocycles. The molecule has 0 N–H and O–H groups in total. The van der Waals surface area contributed by atoms with Gasteiger partial charge in [0.2, 0.25) is 0 Å². The molecule has 5 heteroatoms. The second kappa shape index (κ2) is 3.77. The minimum absolute atomic E-state index is 0.00215. The zero-order chi connectivity index (χ0) is 10.8. The van der Waals surface area contributed by atoms with Crippen LogP contribution in [0, 0.1) is 0 Å². The summed E-state index contributed by atoms with van der Waals surface area (Å²) >= 11 is 0. The molecular formula is C9H8F3NO. The van der Waals surface area contributed by atoms with Crippen LogP contribution < -0.4 is 0 Å². The predicted octanol–water partition coefficient (Wildman–Crippen LogP) is 2.69. The second-order valence-corrected chi connectivity index (χ2v) is 2.74. The van der Waals surface area contributed by atoms with E-state index in [1.54, 1.807) is 6.92 Å². The molecule has 2 nitrogen and oxygen atoms in total. The van der Waals surface area contributed by atoms with Gasteiger partial charge in [0, 0.05) is 24.4 Å². The van der Waals surface area contributed by atoms with E-state index in [-0.39, 0.29) is 17.8 Å². The van der Waals surface area contributed by atoms with Gasteiger partial charge in [0.1, 0.15) is 0 Å². The molecule has 14 heavy (non-hydrogen) atoms. The number of rotatable bonds is 2. The number of carbonyl (C=O) groups excluding carboxylic acids is 1. The largest absolute Gasteiger partial charge is 0.417 e. The maximum Gasteiger partial charge on any atom is 0.417 e. The van der Waals surface area contributed by atoms with Crippen molar-refractivity contribution >= 4 is 5.78 Å². The Labute approximate surface area is 78.8 Å². The number of hydrogen-bond acceptors (Lipinski definition) is 2. The highest BCUT2D eigenvalue weighted by Crippen LogP contribution is 2.28. The van der Waals surface area contributed by atoms with Crippen molar-refractivity contribution in [2.24, 2.45) is 0 Å². The minimum atomic E-state index is -4.45. The lowest BCUT2D eigenvalue weighted by atomic mass is 10.1. The first-order valence-electron chi connectivity index (χ1n) is 4.00. The summed E-state index contributed by atoms with van der Waals surface area (Å²) in [5.41, 5.74) is -0.890. The summed E-state index contributed by atoms with van der Waals surface area (Å²) in [5.74, 6) is -0.344. The summed E-state index contributed by atoms with van der Waals surface area (Å²) in [4.78, 5) is 14.5. The molecule has 1 heterocycles. The van der Waals surface area contributed by atoms with Crippen molar-refractivity contribution in [3.63, 3.8) is 0 Å². The normalized spacial score (nSPS) is 11.4. The average Bonchev–Trinajstić information content (AvgIpc) is 2.15. The topological polar surface area (TPSA) is 30.0 Å². The van der Waals surface area contributed by atoms with E-state index in [1.165, 1.54) is 0 Å². The summed E-state index contributed by atoms with van der Waals surface area (Å²) in [5, 5.41) is 0. The van der Waals surface area contributed by atoms with Crippen LogP contribution in [0.4, 0.5) is 13.2 Å². The summed E-state index contributed by atoms with van der Waals surface area (Å²) in [6, 6.07) is 0.818. The van der Waals surface area contributed by atoms with E-state index in [1.807, 2.05) is 0 Å². The summed E-state index contributed by atoms with van der Waals surface area (Å²) < 4.78 is 36.6. The minimum Gasteiger partial charge on any atom is -0.294 e. The molecule has 0 radical (unpaired) electrons. The van der Waals surface area contributed by atoms with Gasteiger partial charge in [-0.3, -0.25) is 9.78 Å². The van der Waals surface area contributed by atoms with Gasteiger partial charge in [-0.05, 0) is 6.07 Å². The van der Waals surface area contributed by atoms with Crippen LogP contribution in [-0.4, -0.2) is 10.8 Å². The van der Waals surface area contributed by atoms with Gasteiger partial charge in [-0.2, -0.15) is 13.2 Å². The molecule has 1 rings (SSSR count). The molecule has 0 aliphatic carbocycles. The lowest BCUT2D eigenvalue weighted by Crippen LogP contribution is -2.08. The maximum atomic E-state index is 12.2. The van der Waals surface area contributed by atoms with Crippen molar-refractivity contribution in [3.05, 3.63) is 29.6 Å². The summed E-state index contributed by atoms with van der Waals surface area (Å²) in [7, 11) is 0. The van der Waals surface area contributed by atoms with Gasteiger partial charge in [0.15, 0.2) is 5.78 Å². The Kier molecular flexibility index (Phi) is 2.88. The van der Waals surface area contributed by atoms with Crippen molar-refractivity contribution in [2.75, 3.05) is 0 Å². The summed E-state index contributed by atoms with van der Waals surface area (Å²) in [6.45, 7) is 1.59. The first kappa shape index (κ1) is 10.7. The monoisotopic (exact) mass is 203 g/mol. The summed E-state index contributed by atoms with van der Waals surface area (Å²) in [6.07, 6.45) is -2.44. The molecule has 0 atom stereocenters. The molecule has 0 bridgehead atoms. The zero-order valence-electron chi connectivity index (χ0n) is 7.43. The van der Waals surface area contributed by atoms with E-state index in [9.17, 15) is 18.0 Å². The second-order valence-electron chi connectivity index (χ2n) is 2.74. The van der Waals surface area contributed by atoms with Gasteiger partial charge in [-0.25, -0.2) is 0 Å². The zero-order valence-corrected chi connectivity index (χ0v) is 7.43. The average molecular weight is 203 g/mol. The smallest absolute Gasteiger partial charge is 0.294 e. The molecule has 1 aromatic heterocycles. The number of aromatic nitrogens is 1. The van der Waals surface area contributed by atoms with Crippen LogP contribution in [0.5, 0.6) is 0 Å². The van der Waals surface area contributed by atoms with Crippen LogP contribution in [-0.2, 0) is 6.18 Å². The lowest BCUT2D eigenvalue weighted by molar-refractivity contribution is -0.137. The van der Waals surface area contributed by atoms with Crippen molar-refractivity contribution in [2.45, 2.75) is 19.5 Å². The first-order valence-corrected chi connectivity index (χ1v) is 4.00. The third-order valence-electron chi connectivity index (χ3n) is 1.71. The van der Waals surface area contributed by atoms with Crippen molar-refractivity contribution < 1.29 is 18.0 Å². The number of Topliss-reactive ketones (excluding diaryl/α,β-unsaturated/α-hetero) is 1. The maximum absolute atomic E-state index is 12.2. The molecule has 0 aromatic carbocycles. The van der Waals surface area contributed by atoms with Gasteiger partial charge in [-0.1, -0.05) is 6.92 Å². The van der Waals surface area contributed by atoms with Crippen molar-refractivity contribution in [3.8, 4) is 0 Å². The van der Waals surface area contributed by atoms with Crippen LogP contribution in [0.3, 0.4) is 0 Å². The number of nitrogens with zero attached hydrogens (tertiary/aromatic N) is 1. The molecule has 0 aliphatic heterocycles. The first-order chi connectivity index (χ1) is 6.45. The Morgan fingerprint density at radius 3 is 2.57 bits per heavy atom. The van der Waals surface area contributed by atoms with E-state index in [0.717, 1.165) is 12.3 Å². The van der Waals surface area contributed by atoms with E-state index in [0.29, 0.717) is 6.20 Å². The highest BCUT2D eigenvalue weighted by atomic mass is 19.4. The number of pyridine rings is 1. The molecule has 0 aliphatic rings. The molecule has 1 aromatic rings. The molecule has 0 unspecified atom stereocenters. The molecule has 0 fully saturated rings. The van der Waals surface area contributed by atoms with Crippen LogP contribution >= 0.6 is 0 Å². The van der Waals surface area contributed by atoms with E-state index in [2.05, 4.69) is 4.98 Å². The fourth-order valence-electron chi connectivity index (χ4n) is 0.952. The standard InChI is InChI=1S/C9H8F3NO/c1-2-8(14)6-3-7(5-13-4-6)9(10,11)12/h3-5H,2H2,1H3. The van der Waals surface area contributed by atoms with Gasteiger partial charge < -0.3 is 0 Å². The van der Waals surface area contributed by atoms with Gasteiger partial charge in [-0.15, -0.1) is 0 Å². The molecular weight excluding hydrogens is 195 g/mol. The quantitative estimate of drug-likeness (QED) is 0.691. The van der Waals surface area contributed by atoms with Crippen LogP contribution in [0.1, 0.15) is 29.3 Å². The Hall–Kier alpha value is -1.39. The van der Waals surface area contributed by atoms with Crippen LogP contribution in [0.2, 0.25) is 0 Å². The molecule has 0 amide bonds. The molecule has 76 valence electrons. The highest BCUT2D eigenvalue weighted by molar-refractivity contribution is 5.95. The van der Waals surface area contributed by atoms with Crippen molar-refractivity contribution in [1.29, 1.82) is 0 Å². The Morgan fingerprint density at radius 2 is 2.07 bits per heavy atom. The number of hydrogen-bond donors (Lipinski definition) is 0. The fourth-order valence-corrected chi connectivity index (χ4v) is 0.952. The van der Waals surface area contributed by atoms with E-state index >= 15 is 0 Å². The highest BCUT2D eigenvalue weighted by Gasteiger charge is 2.31. The van der Waals surface area contributed by atoms with E-state index < -0.39 is 11.7 Å². The third kappa shape index (κ3) is 2.31. The Balaban J connectivity index is 3.08. The van der Waals surface area contributed by atoms with E-state index in [4.69, 9.17) is 0 Å². The fraction of sp³-hybridized carbons (Fsp3) is 0.333. The number of ketones is 1. The Bertz CT molecular complexity index is 346. The number of carbonyl (C=O) groups is 1. The predicted molar refractivity (Wildman–Crippen MR) is 43.9 cm³/mol. The van der Waals surface area contributed by atoms with Gasteiger partial charge in [0.05, 0.1) is 5.56 Å². The lowest BCUT2D eigenvalue weighted by Gasteiger charge is -2.06. The van der Waals surface area contributed by atoms with Crippen LogP contribution in [0.15, 0.2) is 18.5 Å².